The van der Waals surface area contributed by atoms with E-state index in [1.54, 1.807) is 0 Å². The number of aryl methyl sites for hydroxylation is 2. The van der Waals surface area contributed by atoms with Crippen LogP contribution in [0.25, 0.3) is 0 Å². The molecule has 0 saturated heterocycles. The van der Waals surface area contributed by atoms with E-state index in [1.807, 2.05) is 32.0 Å². The summed E-state index contributed by atoms with van der Waals surface area (Å²) >= 11 is 0. The number of carbonyl (C=O) groups excluding carboxylic acids is 1. The number of carbonyl (C=O) groups is 1. The molecule has 3 N–H and O–H groups in total. The smallest absolute Gasteiger partial charge is 0.223 e. The molecule has 21 heavy (non-hydrogen) atoms. The molecule has 1 aliphatic carbocycles. The molecule has 1 aromatic rings. The number of rotatable bonds is 5. The third-order valence-corrected chi connectivity index (χ3v) is 3.90. The molecule has 5 heteroatoms. The van der Waals surface area contributed by atoms with Crippen LogP contribution in [0.2, 0.25) is 0 Å². The standard InChI is InChI=1S/C16H24N2O2.ClH/c1-11-4-3-5-12(2)15(11)20-9-8-18-16(19)13-6-7-14(17)10-13;/h3-5,13-14H,6-10,17H2,1-2H3,(H,18,19);1H. The van der Waals surface area contributed by atoms with E-state index < -0.39 is 0 Å². The fraction of sp³-hybridized carbons (Fsp3) is 0.562. The molecule has 0 radical (unpaired) electrons. The van der Waals surface area contributed by atoms with E-state index in [-0.39, 0.29) is 30.3 Å². The summed E-state index contributed by atoms with van der Waals surface area (Å²) in [7, 11) is 0. The molecule has 0 aromatic heterocycles. The Morgan fingerprint density at radius 1 is 1.33 bits per heavy atom. The van der Waals surface area contributed by atoms with Crippen LogP contribution < -0.4 is 15.8 Å². The first-order chi connectivity index (χ1) is 9.58. The zero-order valence-electron chi connectivity index (χ0n) is 12.7. The van der Waals surface area contributed by atoms with Crippen LogP contribution in [0.5, 0.6) is 5.75 Å². The maximum atomic E-state index is 11.9. The van der Waals surface area contributed by atoms with Crippen molar-refractivity contribution in [2.24, 2.45) is 11.7 Å². The molecular formula is C16H25ClN2O2. The van der Waals surface area contributed by atoms with E-state index >= 15 is 0 Å². The van der Waals surface area contributed by atoms with Gasteiger partial charge in [-0.25, -0.2) is 0 Å². The van der Waals surface area contributed by atoms with Crippen molar-refractivity contribution in [2.75, 3.05) is 13.2 Å². The molecule has 2 atom stereocenters. The number of halogens is 1. The van der Waals surface area contributed by atoms with Crippen molar-refractivity contribution in [3.05, 3.63) is 29.3 Å². The van der Waals surface area contributed by atoms with Gasteiger partial charge in [-0.15, -0.1) is 12.4 Å². The largest absolute Gasteiger partial charge is 0.491 e. The highest BCUT2D eigenvalue weighted by atomic mass is 35.5. The topological polar surface area (TPSA) is 64.3 Å². The molecule has 1 aromatic carbocycles. The highest BCUT2D eigenvalue weighted by Crippen LogP contribution is 2.24. The SMILES string of the molecule is Cc1cccc(C)c1OCCNC(=O)C1CCC(N)C1.Cl. The van der Waals surface area contributed by atoms with Gasteiger partial charge in [0.1, 0.15) is 12.4 Å². The van der Waals surface area contributed by atoms with Crippen LogP contribution in [0.4, 0.5) is 0 Å². The van der Waals surface area contributed by atoms with Crippen molar-refractivity contribution in [3.8, 4) is 5.75 Å². The number of para-hydroxylation sites is 1. The Labute approximate surface area is 132 Å². The molecule has 4 nitrogen and oxygen atoms in total. The minimum absolute atomic E-state index is 0. The van der Waals surface area contributed by atoms with Gasteiger partial charge < -0.3 is 15.8 Å². The van der Waals surface area contributed by atoms with E-state index in [0.717, 1.165) is 36.1 Å². The summed E-state index contributed by atoms with van der Waals surface area (Å²) in [5.74, 6) is 1.12. The normalized spacial score (nSPS) is 20.7. The van der Waals surface area contributed by atoms with Crippen molar-refractivity contribution in [3.63, 3.8) is 0 Å². The van der Waals surface area contributed by atoms with Crippen molar-refractivity contribution in [2.45, 2.75) is 39.2 Å². The second kappa shape index (κ2) is 8.25. The molecule has 2 rings (SSSR count). The first-order valence-corrected chi connectivity index (χ1v) is 7.30. The number of nitrogens with one attached hydrogen (secondary N) is 1. The van der Waals surface area contributed by atoms with Gasteiger partial charge in [-0.2, -0.15) is 0 Å². The number of hydrogen-bond acceptors (Lipinski definition) is 3. The Bertz CT molecular complexity index is 459. The van der Waals surface area contributed by atoms with Crippen molar-refractivity contribution in [1.29, 1.82) is 0 Å². The van der Waals surface area contributed by atoms with Crippen LogP contribution in [-0.2, 0) is 4.79 Å². The molecule has 1 aliphatic rings. The van der Waals surface area contributed by atoms with Gasteiger partial charge in [-0.05, 0) is 44.2 Å². The fourth-order valence-electron chi connectivity index (χ4n) is 2.75. The lowest BCUT2D eigenvalue weighted by atomic mass is 10.1. The van der Waals surface area contributed by atoms with E-state index in [2.05, 4.69) is 5.32 Å². The molecule has 2 unspecified atom stereocenters. The Morgan fingerprint density at radius 3 is 2.57 bits per heavy atom. The first kappa shape index (κ1) is 17.8. The van der Waals surface area contributed by atoms with Crippen molar-refractivity contribution >= 4 is 18.3 Å². The third-order valence-electron chi connectivity index (χ3n) is 3.90. The summed E-state index contributed by atoms with van der Waals surface area (Å²) in [5.41, 5.74) is 8.07. The predicted octanol–water partition coefficient (Wildman–Crippen LogP) is 2.35. The number of amides is 1. The molecule has 118 valence electrons. The highest BCUT2D eigenvalue weighted by molar-refractivity contribution is 5.85. The van der Waals surface area contributed by atoms with Crippen LogP contribution in [0.15, 0.2) is 18.2 Å². The van der Waals surface area contributed by atoms with Gasteiger partial charge in [-0.1, -0.05) is 18.2 Å². The minimum Gasteiger partial charge on any atom is -0.491 e. The summed E-state index contributed by atoms with van der Waals surface area (Å²) in [5, 5.41) is 2.93. The van der Waals surface area contributed by atoms with Gasteiger partial charge in [0.2, 0.25) is 5.91 Å². The lowest BCUT2D eigenvalue weighted by molar-refractivity contribution is -0.124. The molecular weight excluding hydrogens is 288 g/mol. The predicted molar refractivity (Wildman–Crippen MR) is 87.0 cm³/mol. The third kappa shape index (κ3) is 4.90. The van der Waals surface area contributed by atoms with E-state index in [0.29, 0.717) is 13.2 Å². The lowest BCUT2D eigenvalue weighted by Crippen LogP contribution is -2.33. The number of benzene rings is 1. The molecule has 0 spiro atoms. The molecule has 1 amide bonds. The van der Waals surface area contributed by atoms with Gasteiger partial charge in [0.05, 0.1) is 6.54 Å². The van der Waals surface area contributed by atoms with E-state index in [1.165, 1.54) is 0 Å². The maximum Gasteiger partial charge on any atom is 0.223 e. The summed E-state index contributed by atoms with van der Waals surface area (Å²) in [6.45, 7) is 5.09. The van der Waals surface area contributed by atoms with Crippen LogP contribution >= 0.6 is 12.4 Å². The van der Waals surface area contributed by atoms with Crippen LogP contribution in [0, 0.1) is 19.8 Å². The van der Waals surface area contributed by atoms with E-state index in [4.69, 9.17) is 10.5 Å². The Balaban J connectivity index is 0.00000220. The average molecular weight is 313 g/mol. The maximum absolute atomic E-state index is 11.9. The Kier molecular flexibility index (Phi) is 6.99. The fourth-order valence-corrected chi connectivity index (χ4v) is 2.75. The monoisotopic (exact) mass is 312 g/mol. The second-order valence-electron chi connectivity index (χ2n) is 5.63. The Hall–Kier alpha value is -1.26. The van der Waals surface area contributed by atoms with Crippen LogP contribution in [0.3, 0.4) is 0 Å². The summed E-state index contributed by atoms with van der Waals surface area (Å²) in [6, 6.07) is 6.27. The first-order valence-electron chi connectivity index (χ1n) is 7.30. The summed E-state index contributed by atoms with van der Waals surface area (Å²) in [4.78, 5) is 11.9. The van der Waals surface area contributed by atoms with Gasteiger partial charge in [0.25, 0.3) is 0 Å². The van der Waals surface area contributed by atoms with Crippen LogP contribution in [-0.4, -0.2) is 25.1 Å². The van der Waals surface area contributed by atoms with Crippen molar-refractivity contribution < 1.29 is 9.53 Å². The average Bonchev–Trinajstić information content (AvgIpc) is 2.84. The molecule has 0 bridgehead atoms. The van der Waals surface area contributed by atoms with Gasteiger partial charge >= 0.3 is 0 Å². The zero-order valence-corrected chi connectivity index (χ0v) is 13.5. The minimum atomic E-state index is 0. The lowest BCUT2D eigenvalue weighted by Gasteiger charge is -2.14. The highest BCUT2D eigenvalue weighted by Gasteiger charge is 2.27. The molecule has 1 fully saturated rings. The number of nitrogens with two attached hydrogens (primary N) is 1. The van der Waals surface area contributed by atoms with Crippen molar-refractivity contribution in [1.82, 2.24) is 5.32 Å². The quantitative estimate of drug-likeness (QED) is 0.820. The second-order valence-corrected chi connectivity index (χ2v) is 5.63. The molecule has 1 saturated carbocycles. The Morgan fingerprint density at radius 2 is 2.00 bits per heavy atom. The van der Waals surface area contributed by atoms with Gasteiger partial charge in [-0.3, -0.25) is 4.79 Å². The van der Waals surface area contributed by atoms with Gasteiger partial charge in [0.15, 0.2) is 0 Å². The van der Waals surface area contributed by atoms with E-state index in [9.17, 15) is 4.79 Å². The van der Waals surface area contributed by atoms with Gasteiger partial charge in [0, 0.05) is 12.0 Å². The number of ether oxygens (including phenoxy) is 1. The summed E-state index contributed by atoms with van der Waals surface area (Å²) < 4.78 is 5.76. The van der Waals surface area contributed by atoms with Crippen LogP contribution in [0.1, 0.15) is 30.4 Å². The molecule has 0 heterocycles. The zero-order chi connectivity index (χ0) is 14.5. The number of hydrogen-bond donors (Lipinski definition) is 2. The molecule has 0 aliphatic heterocycles. The summed E-state index contributed by atoms with van der Waals surface area (Å²) in [6.07, 6.45) is 2.67.